The number of oxime groups is 1. The van der Waals surface area contributed by atoms with Crippen LogP contribution in [-0.2, 0) is 4.84 Å². The Hall–Kier alpha value is -3.29. The normalized spacial score (nSPS) is 11.0. The third-order valence-corrected chi connectivity index (χ3v) is 2.50. The van der Waals surface area contributed by atoms with Crippen molar-refractivity contribution in [3.63, 3.8) is 0 Å². The van der Waals surface area contributed by atoms with E-state index in [2.05, 4.69) is 15.0 Å². The van der Waals surface area contributed by atoms with E-state index in [1.807, 2.05) is 0 Å². The van der Waals surface area contributed by atoms with E-state index >= 15 is 0 Å². The summed E-state index contributed by atoms with van der Waals surface area (Å²) in [5.74, 6) is -0.768. The van der Waals surface area contributed by atoms with Gasteiger partial charge in [0, 0.05) is 30.1 Å². The lowest BCUT2D eigenvalue weighted by Gasteiger charge is -2.01. The van der Waals surface area contributed by atoms with Gasteiger partial charge in [-0.1, -0.05) is 5.16 Å². The summed E-state index contributed by atoms with van der Waals surface area (Å²) in [7, 11) is 0. The zero-order chi connectivity index (χ0) is 15.2. The minimum absolute atomic E-state index is 0.0675. The Bertz CT molecular complexity index is 683. The Morgan fingerprint density at radius 3 is 2.52 bits per heavy atom. The summed E-state index contributed by atoms with van der Waals surface area (Å²) in [5, 5.41) is 14.0. The van der Waals surface area contributed by atoms with Crippen molar-refractivity contribution in [3.05, 3.63) is 70.0 Å². The Balaban J connectivity index is 2.07. The minimum atomic E-state index is -0.701. The summed E-state index contributed by atoms with van der Waals surface area (Å²) < 4.78 is 0. The highest BCUT2D eigenvalue weighted by Gasteiger charge is 2.09. The first-order valence-corrected chi connectivity index (χ1v) is 5.77. The van der Waals surface area contributed by atoms with Gasteiger partial charge in [0.1, 0.15) is 0 Å². The van der Waals surface area contributed by atoms with Crippen LogP contribution in [0.3, 0.4) is 0 Å². The number of pyridine rings is 1. The van der Waals surface area contributed by atoms with E-state index in [1.165, 1.54) is 42.7 Å². The van der Waals surface area contributed by atoms with Crippen molar-refractivity contribution in [2.75, 3.05) is 0 Å². The number of aromatic nitrogens is 1. The van der Waals surface area contributed by atoms with E-state index in [4.69, 9.17) is 5.73 Å². The summed E-state index contributed by atoms with van der Waals surface area (Å²) in [4.78, 5) is 30.0. The van der Waals surface area contributed by atoms with Crippen molar-refractivity contribution in [1.82, 2.24) is 4.98 Å². The van der Waals surface area contributed by atoms with Crippen LogP contribution in [0.2, 0.25) is 0 Å². The van der Waals surface area contributed by atoms with E-state index in [0.717, 1.165) is 0 Å². The topological polar surface area (TPSA) is 121 Å². The average Bonchev–Trinajstić information content (AvgIpc) is 2.53. The average molecular weight is 286 g/mol. The molecule has 2 N–H and O–H groups in total. The molecule has 0 spiro atoms. The van der Waals surface area contributed by atoms with Crippen molar-refractivity contribution in [1.29, 1.82) is 0 Å². The number of rotatable bonds is 4. The van der Waals surface area contributed by atoms with Crippen LogP contribution in [0.15, 0.2) is 53.9 Å². The molecule has 1 heterocycles. The van der Waals surface area contributed by atoms with Crippen molar-refractivity contribution in [3.8, 4) is 0 Å². The Labute approximate surface area is 119 Å². The molecular formula is C13H10N4O4. The van der Waals surface area contributed by atoms with Crippen molar-refractivity contribution < 1.29 is 14.6 Å². The molecule has 0 saturated heterocycles. The van der Waals surface area contributed by atoms with Gasteiger partial charge in [0.15, 0.2) is 5.84 Å². The van der Waals surface area contributed by atoms with Gasteiger partial charge >= 0.3 is 5.97 Å². The highest BCUT2D eigenvalue weighted by molar-refractivity contribution is 5.98. The summed E-state index contributed by atoms with van der Waals surface area (Å²) in [5.41, 5.74) is 6.20. The summed E-state index contributed by atoms with van der Waals surface area (Å²) >= 11 is 0. The molecule has 0 aliphatic rings. The van der Waals surface area contributed by atoms with Gasteiger partial charge < -0.3 is 10.6 Å². The highest BCUT2D eigenvalue weighted by atomic mass is 16.7. The Morgan fingerprint density at radius 2 is 1.95 bits per heavy atom. The number of nitro benzene ring substituents is 1. The van der Waals surface area contributed by atoms with Crippen LogP contribution in [0.5, 0.6) is 0 Å². The number of nitrogens with zero attached hydrogens (tertiary/aromatic N) is 3. The van der Waals surface area contributed by atoms with Crippen molar-refractivity contribution in [2.24, 2.45) is 10.9 Å². The van der Waals surface area contributed by atoms with Crippen molar-refractivity contribution in [2.45, 2.75) is 0 Å². The Morgan fingerprint density at radius 1 is 1.24 bits per heavy atom. The Kier molecular flexibility index (Phi) is 4.20. The molecule has 21 heavy (non-hydrogen) atoms. The lowest BCUT2D eigenvalue weighted by molar-refractivity contribution is -0.384. The van der Waals surface area contributed by atoms with Gasteiger partial charge in [-0.25, -0.2) is 4.79 Å². The predicted molar refractivity (Wildman–Crippen MR) is 73.5 cm³/mol. The molecule has 1 aromatic heterocycles. The quantitative estimate of drug-likeness (QED) is 0.298. The maximum atomic E-state index is 11.6. The molecule has 0 unspecified atom stereocenters. The van der Waals surface area contributed by atoms with E-state index in [-0.39, 0.29) is 17.1 Å². The number of non-ortho nitro benzene ring substituents is 1. The highest BCUT2D eigenvalue weighted by Crippen LogP contribution is 2.11. The number of hydrogen-bond donors (Lipinski definition) is 1. The van der Waals surface area contributed by atoms with E-state index < -0.39 is 10.9 Å². The number of nitrogens with two attached hydrogens (primary N) is 1. The van der Waals surface area contributed by atoms with Gasteiger partial charge in [-0.3, -0.25) is 15.1 Å². The lowest BCUT2D eigenvalue weighted by Crippen LogP contribution is -2.15. The van der Waals surface area contributed by atoms with Gasteiger partial charge in [-0.2, -0.15) is 0 Å². The third kappa shape index (κ3) is 3.60. The van der Waals surface area contributed by atoms with Crippen LogP contribution in [-0.4, -0.2) is 21.7 Å². The van der Waals surface area contributed by atoms with Crippen LogP contribution in [0, 0.1) is 10.1 Å². The molecule has 0 fully saturated rings. The molecule has 0 aliphatic carbocycles. The lowest BCUT2D eigenvalue weighted by atomic mass is 10.2. The van der Waals surface area contributed by atoms with Crippen LogP contribution < -0.4 is 5.73 Å². The molecular weight excluding hydrogens is 276 g/mol. The smallest absolute Gasteiger partial charge is 0.367 e. The first-order valence-electron chi connectivity index (χ1n) is 5.77. The second-order valence-electron chi connectivity index (χ2n) is 3.90. The van der Waals surface area contributed by atoms with Gasteiger partial charge in [0.25, 0.3) is 5.69 Å². The van der Waals surface area contributed by atoms with E-state index in [9.17, 15) is 14.9 Å². The van der Waals surface area contributed by atoms with E-state index in [1.54, 1.807) is 6.07 Å². The van der Waals surface area contributed by atoms with Gasteiger partial charge in [0.05, 0.1) is 10.5 Å². The molecule has 0 amide bonds. The second-order valence-corrected chi connectivity index (χ2v) is 3.90. The molecule has 0 atom stereocenters. The van der Waals surface area contributed by atoms with Crippen LogP contribution in [0.25, 0.3) is 0 Å². The zero-order valence-electron chi connectivity index (χ0n) is 10.7. The molecule has 0 bridgehead atoms. The fourth-order valence-electron chi connectivity index (χ4n) is 1.43. The molecule has 106 valence electrons. The minimum Gasteiger partial charge on any atom is -0.380 e. The van der Waals surface area contributed by atoms with Crippen molar-refractivity contribution >= 4 is 17.5 Å². The van der Waals surface area contributed by atoms with Gasteiger partial charge in [-0.15, -0.1) is 0 Å². The molecule has 2 rings (SSSR count). The molecule has 0 aliphatic heterocycles. The van der Waals surface area contributed by atoms with Crippen LogP contribution in [0.4, 0.5) is 5.69 Å². The maximum Gasteiger partial charge on any atom is 0.367 e. The molecule has 8 nitrogen and oxygen atoms in total. The molecule has 0 radical (unpaired) electrons. The number of hydrogen-bond acceptors (Lipinski definition) is 6. The van der Waals surface area contributed by atoms with Crippen LogP contribution in [0.1, 0.15) is 15.9 Å². The number of carbonyl (C=O) groups is 1. The number of benzene rings is 1. The van der Waals surface area contributed by atoms with Gasteiger partial charge in [-0.05, 0) is 24.3 Å². The van der Waals surface area contributed by atoms with Crippen LogP contribution >= 0.6 is 0 Å². The predicted octanol–water partition coefficient (Wildman–Crippen LogP) is 1.47. The first kappa shape index (κ1) is 14.1. The summed E-state index contributed by atoms with van der Waals surface area (Å²) in [6.07, 6.45) is 2.85. The number of nitro groups is 1. The SMILES string of the molecule is N/C(=N\OC(=O)c1cccnc1)c1ccc([N+](=O)[O-])cc1. The fraction of sp³-hybridized carbons (Fsp3) is 0. The first-order chi connectivity index (χ1) is 10.1. The molecule has 2 aromatic rings. The third-order valence-electron chi connectivity index (χ3n) is 2.50. The monoisotopic (exact) mass is 286 g/mol. The second kappa shape index (κ2) is 6.24. The number of amidine groups is 1. The molecule has 0 saturated carbocycles. The standard InChI is InChI=1S/C13H10N4O4/c14-12(9-3-5-11(6-4-9)17(19)20)16-21-13(18)10-2-1-7-15-8-10/h1-8H,(H2,14,16). The molecule has 8 heteroatoms. The summed E-state index contributed by atoms with van der Waals surface area (Å²) in [6.45, 7) is 0. The number of carbonyl (C=O) groups excluding carboxylic acids is 1. The zero-order valence-corrected chi connectivity index (χ0v) is 10.7. The van der Waals surface area contributed by atoms with E-state index in [0.29, 0.717) is 5.56 Å². The largest absolute Gasteiger partial charge is 0.380 e. The maximum absolute atomic E-state index is 11.6. The van der Waals surface area contributed by atoms with Gasteiger partial charge in [0.2, 0.25) is 0 Å². The fourth-order valence-corrected chi connectivity index (χ4v) is 1.43. The summed E-state index contributed by atoms with van der Waals surface area (Å²) in [6, 6.07) is 8.48. The molecule has 1 aromatic carbocycles.